The van der Waals surface area contributed by atoms with E-state index >= 15 is 0 Å². The maximum absolute atomic E-state index is 13.2. The summed E-state index contributed by atoms with van der Waals surface area (Å²) in [5.74, 6) is -0.0624. The van der Waals surface area contributed by atoms with Gasteiger partial charge >= 0.3 is 0 Å². The molecule has 0 spiro atoms. The first kappa shape index (κ1) is 16.7. The highest BCUT2D eigenvalue weighted by Gasteiger charge is 2.28. The molecule has 1 atom stereocenters. The van der Waals surface area contributed by atoms with Gasteiger partial charge in [-0.15, -0.1) is 0 Å². The Bertz CT molecular complexity index is 697. The molecule has 0 bridgehead atoms. The minimum Gasteiger partial charge on any atom is -0.340 e. The lowest BCUT2D eigenvalue weighted by atomic mass is 9.94. The average Bonchev–Trinajstić information content (AvgIpc) is 2.60. The molecule has 1 unspecified atom stereocenters. The Kier molecular flexibility index (Phi) is 5.26. The zero-order chi connectivity index (χ0) is 16.9. The molecule has 1 fully saturated rings. The molecule has 1 N–H and O–H groups in total. The normalized spacial score (nSPS) is 18.0. The van der Waals surface area contributed by atoms with E-state index in [1.165, 1.54) is 12.1 Å². The van der Waals surface area contributed by atoms with Crippen LogP contribution in [-0.2, 0) is 11.2 Å². The first-order chi connectivity index (χ1) is 11.7. The highest BCUT2D eigenvalue weighted by atomic mass is 19.1. The summed E-state index contributed by atoms with van der Waals surface area (Å²) in [6.07, 6.45) is 1.62. The van der Waals surface area contributed by atoms with Crippen LogP contribution in [0.2, 0.25) is 0 Å². The van der Waals surface area contributed by atoms with Gasteiger partial charge in [0.1, 0.15) is 5.82 Å². The van der Waals surface area contributed by atoms with Gasteiger partial charge in [-0.1, -0.05) is 43.3 Å². The highest BCUT2D eigenvalue weighted by Crippen LogP contribution is 2.25. The number of halogens is 1. The van der Waals surface area contributed by atoms with Gasteiger partial charge in [-0.25, -0.2) is 4.39 Å². The number of amides is 1. The van der Waals surface area contributed by atoms with Crippen LogP contribution < -0.4 is 5.32 Å². The number of benzene rings is 2. The van der Waals surface area contributed by atoms with Crippen molar-refractivity contribution in [1.82, 2.24) is 10.2 Å². The van der Waals surface area contributed by atoms with Crippen molar-refractivity contribution < 1.29 is 9.18 Å². The SMILES string of the molecule is CCCN1CCNC(Cc2ccccc2-c2ccc(F)cc2)C1=O. The van der Waals surface area contributed by atoms with Gasteiger partial charge in [0.15, 0.2) is 0 Å². The molecule has 1 heterocycles. The number of hydrogen-bond acceptors (Lipinski definition) is 2. The zero-order valence-electron chi connectivity index (χ0n) is 14.0. The van der Waals surface area contributed by atoms with Crippen molar-refractivity contribution in [2.45, 2.75) is 25.8 Å². The van der Waals surface area contributed by atoms with E-state index in [0.29, 0.717) is 6.42 Å². The number of rotatable bonds is 5. The van der Waals surface area contributed by atoms with Crippen LogP contribution in [0.25, 0.3) is 11.1 Å². The lowest BCUT2D eigenvalue weighted by Gasteiger charge is -2.33. The second-order valence-electron chi connectivity index (χ2n) is 6.20. The van der Waals surface area contributed by atoms with E-state index in [9.17, 15) is 9.18 Å². The first-order valence-electron chi connectivity index (χ1n) is 8.55. The van der Waals surface area contributed by atoms with E-state index in [1.54, 1.807) is 12.1 Å². The van der Waals surface area contributed by atoms with Crippen LogP contribution in [0.4, 0.5) is 4.39 Å². The Hall–Kier alpha value is -2.20. The number of nitrogens with zero attached hydrogens (tertiary/aromatic N) is 1. The molecule has 24 heavy (non-hydrogen) atoms. The average molecular weight is 326 g/mol. The topological polar surface area (TPSA) is 32.3 Å². The molecular formula is C20H23FN2O. The summed E-state index contributed by atoms with van der Waals surface area (Å²) in [6.45, 7) is 4.52. The quantitative estimate of drug-likeness (QED) is 0.915. The molecule has 0 aromatic heterocycles. The number of hydrogen-bond donors (Lipinski definition) is 1. The molecule has 1 aliphatic rings. The third-order valence-corrected chi connectivity index (χ3v) is 4.47. The Labute approximate surface area is 142 Å². The van der Waals surface area contributed by atoms with E-state index in [-0.39, 0.29) is 17.8 Å². The number of piperazine rings is 1. The van der Waals surface area contributed by atoms with Crippen molar-refractivity contribution in [3.63, 3.8) is 0 Å². The van der Waals surface area contributed by atoms with Crippen molar-refractivity contribution in [2.24, 2.45) is 0 Å². The van der Waals surface area contributed by atoms with Gasteiger partial charge in [0.25, 0.3) is 0 Å². The van der Waals surface area contributed by atoms with Gasteiger partial charge in [-0.2, -0.15) is 0 Å². The molecule has 2 aromatic rings. The standard InChI is InChI=1S/C20H23FN2O/c1-2-12-23-13-11-22-19(20(23)24)14-16-5-3-4-6-18(16)15-7-9-17(21)10-8-15/h3-10,19,22H,2,11-14H2,1H3. The largest absolute Gasteiger partial charge is 0.340 e. The van der Waals surface area contributed by atoms with Crippen LogP contribution in [0.15, 0.2) is 48.5 Å². The maximum atomic E-state index is 13.2. The van der Waals surface area contributed by atoms with Crippen LogP contribution in [0.1, 0.15) is 18.9 Å². The monoisotopic (exact) mass is 326 g/mol. The van der Waals surface area contributed by atoms with E-state index < -0.39 is 0 Å². The minimum absolute atomic E-state index is 0.178. The Morgan fingerprint density at radius 2 is 1.92 bits per heavy atom. The molecule has 126 valence electrons. The second-order valence-corrected chi connectivity index (χ2v) is 6.20. The van der Waals surface area contributed by atoms with Crippen molar-refractivity contribution in [1.29, 1.82) is 0 Å². The molecule has 3 rings (SSSR count). The van der Waals surface area contributed by atoms with Gasteiger partial charge in [-0.3, -0.25) is 4.79 Å². The van der Waals surface area contributed by atoms with Crippen LogP contribution in [0.3, 0.4) is 0 Å². The molecule has 1 aliphatic heterocycles. The predicted octanol–water partition coefficient (Wildman–Crippen LogP) is 3.25. The highest BCUT2D eigenvalue weighted by molar-refractivity contribution is 5.83. The minimum atomic E-state index is -0.240. The van der Waals surface area contributed by atoms with Crippen LogP contribution in [0, 0.1) is 5.82 Å². The molecule has 3 nitrogen and oxygen atoms in total. The Morgan fingerprint density at radius 1 is 1.17 bits per heavy atom. The van der Waals surface area contributed by atoms with E-state index in [4.69, 9.17) is 0 Å². The summed E-state index contributed by atoms with van der Waals surface area (Å²) in [5, 5.41) is 3.34. The molecule has 4 heteroatoms. The summed E-state index contributed by atoms with van der Waals surface area (Å²) in [7, 11) is 0. The van der Waals surface area contributed by atoms with Crippen molar-refractivity contribution >= 4 is 5.91 Å². The van der Waals surface area contributed by atoms with Gasteiger partial charge < -0.3 is 10.2 Å². The Balaban J connectivity index is 1.83. The number of nitrogens with one attached hydrogen (secondary N) is 1. The smallest absolute Gasteiger partial charge is 0.240 e. The van der Waals surface area contributed by atoms with E-state index in [0.717, 1.165) is 42.7 Å². The third-order valence-electron chi connectivity index (χ3n) is 4.47. The zero-order valence-corrected chi connectivity index (χ0v) is 14.0. The van der Waals surface area contributed by atoms with Crippen molar-refractivity contribution in [2.75, 3.05) is 19.6 Å². The van der Waals surface area contributed by atoms with Crippen LogP contribution in [-0.4, -0.2) is 36.5 Å². The molecule has 1 saturated heterocycles. The summed E-state index contributed by atoms with van der Waals surface area (Å²) >= 11 is 0. The summed E-state index contributed by atoms with van der Waals surface area (Å²) < 4.78 is 13.2. The lowest BCUT2D eigenvalue weighted by molar-refractivity contribution is -0.135. The van der Waals surface area contributed by atoms with Crippen molar-refractivity contribution in [3.05, 3.63) is 59.9 Å². The third kappa shape index (κ3) is 3.65. The van der Waals surface area contributed by atoms with Gasteiger partial charge in [0.2, 0.25) is 5.91 Å². The summed E-state index contributed by atoms with van der Waals surface area (Å²) in [6, 6.07) is 14.4. The fraction of sp³-hybridized carbons (Fsp3) is 0.350. The summed E-state index contributed by atoms with van der Waals surface area (Å²) in [5.41, 5.74) is 3.13. The molecular weight excluding hydrogens is 303 g/mol. The van der Waals surface area contributed by atoms with Crippen LogP contribution >= 0.6 is 0 Å². The van der Waals surface area contributed by atoms with E-state index in [2.05, 4.69) is 12.2 Å². The molecule has 1 amide bonds. The van der Waals surface area contributed by atoms with Crippen molar-refractivity contribution in [3.8, 4) is 11.1 Å². The summed E-state index contributed by atoms with van der Waals surface area (Å²) in [4.78, 5) is 14.6. The van der Waals surface area contributed by atoms with Crippen LogP contribution in [0.5, 0.6) is 0 Å². The fourth-order valence-electron chi connectivity index (χ4n) is 3.27. The van der Waals surface area contributed by atoms with E-state index in [1.807, 2.05) is 29.2 Å². The second kappa shape index (κ2) is 7.58. The molecule has 2 aromatic carbocycles. The predicted molar refractivity (Wildman–Crippen MR) is 94.2 cm³/mol. The molecule has 0 saturated carbocycles. The number of carbonyl (C=O) groups is 1. The Morgan fingerprint density at radius 3 is 2.67 bits per heavy atom. The van der Waals surface area contributed by atoms with Gasteiger partial charge in [-0.05, 0) is 41.7 Å². The molecule has 0 aliphatic carbocycles. The molecule has 0 radical (unpaired) electrons. The maximum Gasteiger partial charge on any atom is 0.240 e. The van der Waals surface area contributed by atoms with Gasteiger partial charge in [0.05, 0.1) is 6.04 Å². The first-order valence-corrected chi connectivity index (χ1v) is 8.55. The number of carbonyl (C=O) groups excluding carboxylic acids is 1. The lowest BCUT2D eigenvalue weighted by Crippen LogP contribution is -2.55. The van der Waals surface area contributed by atoms with Gasteiger partial charge in [0, 0.05) is 19.6 Å². The fourth-order valence-corrected chi connectivity index (χ4v) is 3.27.